The molecule has 0 saturated carbocycles. The summed E-state index contributed by atoms with van der Waals surface area (Å²) < 4.78 is 0.975. The molecule has 0 aromatic carbocycles. The second kappa shape index (κ2) is 4.59. The number of nitrogens with two attached hydrogens (primary N) is 1. The fourth-order valence-electron chi connectivity index (χ4n) is 1.17. The van der Waals surface area contributed by atoms with E-state index in [2.05, 4.69) is 15.0 Å². The molecule has 78 valence electrons. The third-order valence-corrected chi connectivity index (χ3v) is 3.82. The van der Waals surface area contributed by atoms with Crippen molar-refractivity contribution in [3.05, 3.63) is 23.5 Å². The molecule has 0 atom stereocenters. The van der Waals surface area contributed by atoms with Crippen molar-refractivity contribution in [3.8, 4) is 0 Å². The number of thiazole rings is 1. The number of hydrogen-bond donors (Lipinski definition) is 1. The molecule has 0 amide bonds. The van der Waals surface area contributed by atoms with Gasteiger partial charge in [-0.2, -0.15) is 0 Å². The highest BCUT2D eigenvalue weighted by Gasteiger charge is 2.09. The molecule has 0 aliphatic rings. The summed E-state index contributed by atoms with van der Waals surface area (Å²) in [5.41, 5.74) is 6.78. The smallest absolute Gasteiger partial charge is 0.156 e. The Morgan fingerprint density at radius 3 is 2.93 bits per heavy atom. The molecule has 2 N–H and O–H groups in total. The van der Waals surface area contributed by atoms with Gasteiger partial charge in [0.1, 0.15) is 17.2 Å². The van der Waals surface area contributed by atoms with Crippen LogP contribution in [0.1, 0.15) is 12.5 Å². The molecule has 0 radical (unpaired) electrons. The number of hydrogen-bond acceptors (Lipinski definition) is 6. The molecule has 2 aromatic heterocycles. The minimum Gasteiger partial charge on any atom is -0.383 e. The van der Waals surface area contributed by atoms with E-state index in [0.29, 0.717) is 5.82 Å². The molecule has 0 aliphatic carbocycles. The van der Waals surface area contributed by atoms with Crippen LogP contribution in [-0.2, 0) is 6.42 Å². The lowest BCUT2D eigenvalue weighted by molar-refractivity contribution is 0.952. The monoisotopic (exact) mass is 238 g/mol. The van der Waals surface area contributed by atoms with Crippen LogP contribution in [0, 0.1) is 0 Å². The van der Waals surface area contributed by atoms with Gasteiger partial charge in [-0.15, -0.1) is 11.3 Å². The lowest BCUT2D eigenvalue weighted by Crippen LogP contribution is -2.00. The minimum absolute atomic E-state index is 0.562. The maximum atomic E-state index is 5.78. The molecule has 4 nitrogen and oxygen atoms in total. The normalized spacial score (nSPS) is 10.5. The van der Waals surface area contributed by atoms with Gasteiger partial charge in [-0.3, -0.25) is 0 Å². The standard InChI is InChI=1S/C9H10N4S2/c1-2-6-7(10)12-5-13-8(6)15-9-11-3-4-14-9/h3-5H,2H2,1H3,(H2,10,12,13). The molecule has 2 rings (SSSR count). The zero-order valence-corrected chi connectivity index (χ0v) is 9.81. The number of aromatic nitrogens is 3. The Hall–Kier alpha value is -1.14. The number of rotatable bonds is 3. The van der Waals surface area contributed by atoms with Crippen molar-refractivity contribution in [3.63, 3.8) is 0 Å². The summed E-state index contributed by atoms with van der Waals surface area (Å²) in [6.45, 7) is 2.04. The van der Waals surface area contributed by atoms with Gasteiger partial charge in [-0.05, 0) is 18.2 Å². The average molecular weight is 238 g/mol. The van der Waals surface area contributed by atoms with Crippen LogP contribution in [0.4, 0.5) is 5.82 Å². The van der Waals surface area contributed by atoms with Crippen LogP contribution in [0.2, 0.25) is 0 Å². The molecule has 0 fully saturated rings. The van der Waals surface area contributed by atoms with Crippen molar-refractivity contribution in [1.82, 2.24) is 15.0 Å². The lowest BCUT2D eigenvalue weighted by Gasteiger charge is -2.05. The molecular formula is C9H10N4S2. The molecule has 15 heavy (non-hydrogen) atoms. The summed E-state index contributed by atoms with van der Waals surface area (Å²) >= 11 is 3.13. The summed E-state index contributed by atoms with van der Waals surface area (Å²) in [5, 5.41) is 2.85. The van der Waals surface area contributed by atoms with E-state index >= 15 is 0 Å². The molecule has 6 heteroatoms. The zero-order valence-electron chi connectivity index (χ0n) is 8.17. The quantitative estimate of drug-likeness (QED) is 0.831. The van der Waals surface area contributed by atoms with Gasteiger partial charge in [-0.25, -0.2) is 15.0 Å². The first kappa shape index (κ1) is 10.4. The summed E-state index contributed by atoms with van der Waals surface area (Å²) in [6.07, 6.45) is 4.11. The third kappa shape index (κ3) is 2.27. The van der Waals surface area contributed by atoms with Gasteiger partial charge in [0.25, 0.3) is 0 Å². The van der Waals surface area contributed by atoms with Gasteiger partial charge >= 0.3 is 0 Å². The van der Waals surface area contributed by atoms with Crippen LogP contribution in [0.3, 0.4) is 0 Å². The van der Waals surface area contributed by atoms with Crippen molar-refractivity contribution in [1.29, 1.82) is 0 Å². The summed E-state index contributed by atoms with van der Waals surface area (Å²) in [6, 6.07) is 0. The van der Waals surface area contributed by atoms with E-state index in [9.17, 15) is 0 Å². The van der Waals surface area contributed by atoms with Crippen molar-refractivity contribution in [2.24, 2.45) is 0 Å². The van der Waals surface area contributed by atoms with E-state index in [1.165, 1.54) is 18.1 Å². The van der Waals surface area contributed by atoms with E-state index in [0.717, 1.165) is 21.3 Å². The maximum Gasteiger partial charge on any atom is 0.156 e. The zero-order chi connectivity index (χ0) is 10.7. The molecular weight excluding hydrogens is 228 g/mol. The predicted molar refractivity (Wildman–Crippen MR) is 62.1 cm³/mol. The van der Waals surface area contributed by atoms with E-state index in [4.69, 9.17) is 5.73 Å². The van der Waals surface area contributed by atoms with Gasteiger partial charge in [0, 0.05) is 17.1 Å². The van der Waals surface area contributed by atoms with Crippen LogP contribution in [0.25, 0.3) is 0 Å². The van der Waals surface area contributed by atoms with Gasteiger partial charge in [0.2, 0.25) is 0 Å². The van der Waals surface area contributed by atoms with E-state index in [-0.39, 0.29) is 0 Å². The molecule has 0 unspecified atom stereocenters. The van der Waals surface area contributed by atoms with Gasteiger partial charge in [0.05, 0.1) is 0 Å². The summed E-state index contributed by atoms with van der Waals surface area (Å²) in [4.78, 5) is 12.4. The van der Waals surface area contributed by atoms with Crippen LogP contribution >= 0.6 is 23.1 Å². The van der Waals surface area contributed by atoms with Crippen LogP contribution in [-0.4, -0.2) is 15.0 Å². The highest BCUT2D eigenvalue weighted by atomic mass is 32.2. The molecule has 2 heterocycles. The molecule has 0 saturated heterocycles. The summed E-state index contributed by atoms with van der Waals surface area (Å²) in [7, 11) is 0. The van der Waals surface area contributed by atoms with Crippen molar-refractivity contribution < 1.29 is 0 Å². The Morgan fingerprint density at radius 2 is 2.27 bits per heavy atom. The van der Waals surface area contributed by atoms with Crippen LogP contribution in [0.5, 0.6) is 0 Å². The predicted octanol–water partition coefficient (Wildman–Crippen LogP) is 2.23. The first-order valence-electron chi connectivity index (χ1n) is 4.48. The Balaban J connectivity index is 2.32. The van der Waals surface area contributed by atoms with Crippen molar-refractivity contribution >= 4 is 28.9 Å². The average Bonchev–Trinajstić information content (AvgIpc) is 2.71. The minimum atomic E-state index is 0.562. The largest absolute Gasteiger partial charge is 0.383 e. The number of nitrogens with zero attached hydrogens (tertiary/aromatic N) is 3. The Morgan fingerprint density at radius 1 is 1.40 bits per heavy atom. The molecule has 2 aromatic rings. The van der Waals surface area contributed by atoms with Gasteiger partial charge < -0.3 is 5.73 Å². The van der Waals surface area contributed by atoms with E-state index in [1.54, 1.807) is 17.5 Å². The Bertz CT molecular complexity index is 441. The SMILES string of the molecule is CCc1c(N)ncnc1Sc1nccs1. The van der Waals surface area contributed by atoms with Crippen molar-refractivity contribution in [2.75, 3.05) is 5.73 Å². The lowest BCUT2D eigenvalue weighted by atomic mass is 10.2. The van der Waals surface area contributed by atoms with Gasteiger partial charge in [-0.1, -0.05) is 6.92 Å². The highest BCUT2D eigenvalue weighted by molar-refractivity contribution is 8.01. The van der Waals surface area contributed by atoms with Crippen LogP contribution in [0.15, 0.2) is 27.3 Å². The fraction of sp³-hybridized carbons (Fsp3) is 0.222. The van der Waals surface area contributed by atoms with Crippen molar-refractivity contribution in [2.45, 2.75) is 22.7 Å². The topological polar surface area (TPSA) is 64.7 Å². The first-order valence-corrected chi connectivity index (χ1v) is 6.17. The fourth-order valence-corrected chi connectivity index (χ4v) is 2.88. The molecule has 0 aliphatic heterocycles. The number of nitrogen functional groups attached to an aromatic ring is 1. The third-order valence-electron chi connectivity index (χ3n) is 1.89. The molecule has 0 bridgehead atoms. The van der Waals surface area contributed by atoms with Gasteiger partial charge in [0.15, 0.2) is 4.34 Å². The van der Waals surface area contributed by atoms with E-state index < -0.39 is 0 Å². The maximum absolute atomic E-state index is 5.78. The second-order valence-corrected chi connectivity index (χ2v) is 4.93. The highest BCUT2D eigenvalue weighted by Crippen LogP contribution is 2.31. The Kier molecular flexibility index (Phi) is 3.17. The Labute approximate surface area is 96.0 Å². The van der Waals surface area contributed by atoms with Crippen LogP contribution < -0.4 is 5.73 Å². The first-order chi connectivity index (χ1) is 7.31. The second-order valence-electron chi connectivity index (χ2n) is 2.80. The summed E-state index contributed by atoms with van der Waals surface area (Å²) in [5.74, 6) is 0.562. The number of anilines is 1. The molecule has 0 spiro atoms. The van der Waals surface area contributed by atoms with E-state index in [1.807, 2.05) is 12.3 Å².